The zero-order valence-electron chi connectivity index (χ0n) is 12.4. The zero-order valence-corrected chi connectivity index (χ0v) is 13.1. The van der Waals surface area contributed by atoms with Crippen molar-refractivity contribution in [2.45, 2.75) is 50.9 Å². The van der Waals surface area contributed by atoms with Crippen LogP contribution in [0.15, 0.2) is 6.33 Å². The predicted octanol–water partition coefficient (Wildman–Crippen LogP) is 3.54. The summed E-state index contributed by atoms with van der Waals surface area (Å²) in [6.45, 7) is 0.912. The summed E-state index contributed by atoms with van der Waals surface area (Å²) in [6.07, 6.45) is 9.53. The normalized spacial score (nSPS) is 15.9. The third kappa shape index (κ3) is 2.98. The molecule has 0 atom stereocenters. The van der Waals surface area contributed by atoms with Gasteiger partial charge in [-0.25, -0.2) is 9.97 Å². The van der Waals surface area contributed by atoms with Crippen LogP contribution in [-0.2, 0) is 12.4 Å². The van der Waals surface area contributed by atoms with Crippen molar-refractivity contribution in [1.82, 2.24) is 19.5 Å². The molecule has 0 bridgehead atoms. The molecule has 0 aliphatic heterocycles. The summed E-state index contributed by atoms with van der Waals surface area (Å²) >= 11 is 6.03. The van der Waals surface area contributed by atoms with Gasteiger partial charge in [-0.05, 0) is 18.8 Å². The average Bonchev–Trinajstić information content (AvgIpc) is 3.14. The first-order chi connectivity index (χ1) is 10.3. The number of rotatable bonds is 6. The Bertz CT molecular complexity index is 607. The van der Waals surface area contributed by atoms with Gasteiger partial charge in [0, 0.05) is 6.54 Å². The van der Waals surface area contributed by atoms with E-state index in [0.29, 0.717) is 17.3 Å². The molecule has 2 heterocycles. The molecule has 1 aliphatic carbocycles. The van der Waals surface area contributed by atoms with Gasteiger partial charge in [0.1, 0.15) is 12.2 Å². The molecule has 21 heavy (non-hydrogen) atoms. The summed E-state index contributed by atoms with van der Waals surface area (Å²) < 4.78 is 7.37. The van der Waals surface area contributed by atoms with Crippen molar-refractivity contribution in [2.75, 3.05) is 7.11 Å². The van der Waals surface area contributed by atoms with Gasteiger partial charge in [-0.15, -0.1) is 11.6 Å². The lowest BCUT2D eigenvalue weighted by Gasteiger charge is -2.10. The molecule has 2 aromatic rings. The largest absolute Gasteiger partial charge is 0.479 e. The Morgan fingerprint density at radius 3 is 2.86 bits per heavy atom. The first-order valence-corrected chi connectivity index (χ1v) is 8.17. The second-order valence-electron chi connectivity index (χ2n) is 5.66. The van der Waals surface area contributed by atoms with Crippen molar-refractivity contribution >= 4 is 22.8 Å². The minimum absolute atomic E-state index is 0.378. The lowest BCUT2D eigenvalue weighted by atomic mass is 10.0. The van der Waals surface area contributed by atoms with E-state index in [2.05, 4.69) is 19.5 Å². The number of aryl methyl sites for hydroxylation is 1. The second kappa shape index (κ2) is 6.60. The fourth-order valence-electron chi connectivity index (χ4n) is 3.28. The van der Waals surface area contributed by atoms with Crippen molar-refractivity contribution in [3.05, 3.63) is 12.2 Å². The summed E-state index contributed by atoms with van der Waals surface area (Å²) in [4.78, 5) is 13.0. The lowest BCUT2D eigenvalue weighted by molar-refractivity contribution is 0.401. The van der Waals surface area contributed by atoms with Gasteiger partial charge in [0.2, 0.25) is 5.88 Å². The highest BCUT2D eigenvalue weighted by molar-refractivity contribution is 6.16. The number of alkyl halides is 1. The zero-order chi connectivity index (χ0) is 14.7. The maximum atomic E-state index is 6.03. The Labute approximate surface area is 129 Å². The molecular formula is C15H21ClN4O. The Kier molecular flexibility index (Phi) is 4.58. The van der Waals surface area contributed by atoms with Crippen LogP contribution in [0, 0.1) is 5.92 Å². The molecule has 0 spiro atoms. The maximum absolute atomic E-state index is 6.03. The summed E-state index contributed by atoms with van der Waals surface area (Å²) in [6, 6.07) is 0. The molecular weight excluding hydrogens is 288 g/mol. The van der Waals surface area contributed by atoms with Crippen molar-refractivity contribution in [3.63, 3.8) is 0 Å². The molecule has 0 N–H and O–H groups in total. The molecule has 0 aromatic carbocycles. The van der Waals surface area contributed by atoms with Crippen LogP contribution in [0.1, 0.15) is 44.3 Å². The first-order valence-electron chi connectivity index (χ1n) is 7.63. The highest BCUT2D eigenvalue weighted by Gasteiger charge is 2.17. The Morgan fingerprint density at radius 2 is 2.14 bits per heavy atom. The van der Waals surface area contributed by atoms with Crippen molar-refractivity contribution in [3.8, 4) is 5.88 Å². The van der Waals surface area contributed by atoms with E-state index in [4.69, 9.17) is 16.3 Å². The number of methoxy groups -OCH3 is 1. The number of hydrogen-bond donors (Lipinski definition) is 0. The average molecular weight is 309 g/mol. The molecule has 6 heteroatoms. The van der Waals surface area contributed by atoms with E-state index in [1.807, 2.05) is 0 Å². The van der Waals surface area contributed by atoms with Gasteiger partial charge < -0.3 is 9.30 Å². The number of aromatic nitrogens is 4. The van der Waals surface area contributed by atoms with E-state index >= 15 is 0 Å². The number of fused-ring (bicyclic) bond motifs is 1. The molecule has 2 aromatic heterocycles. The van der Waals surface area contributed by atoms with Gasteiger partial charge in [0.25, 0.3) is 0 Å². The standard InChI is InChI=1S/C15H21ClN4O/c1-21-15-13-14(17-10-18-15)20(12(9-16)19-13)8-4-7-11-5-2-3-6-11/h10-11H,2-9H2,1H3. The second-order valence-corrected chi connectivity index (χ2v) is 5.93. The van der Waals surface area contributed by atoms with E-state index in [9.17, 15) is 0 Å². The van der Waals surface area contributed by atoms with Gasteiger partial charge >= 0.3 is 0 Å². The van der Waals surface area contributed by atoms with Crippen LogP contribution in [0.4, 0.5) is 0 Å². The van der Waals surface area contributed by atoms with E-state index < -0.39 is 0 Å². The molecule has 5 nitrogen and oxygen atoms in total. The van der Waals surface area contributed by atoms with Crippen LogP contribution in [0.3, 0.4) is 0 Å². The van der Waals surface area contributed by atoms with Gasteiger partial charge in [-0.3, -0.25) is 0 Å². The molecule has 1 fully saturated rings. The molecule has 114 valence electrons. The molecule has 0 radical (unpaired) electrons. The van der Waals surface area contributed by atoms with Crippen molar-refractivity contribution < 1.29 is 4.74 Å². The van der Waals surface area contributed by atoms with Gasteiger partial charge in [-0.1, -0.05) is 25.7 Å². The third-order valence-electron chi connectivity index (χ3n) is 4.36. The third-order valence-corrected chi connectivity index (χ3v) is 4.60. The first kappa shape index (κ1) is 14.6. The molecule has 1 saturated carbocycles. The molecule has 3 rings (SSSR count). The number of hydrogen-bond acceptors (Lipinski definition) is 4. The van der Waals surface area contributed by atoms with Gasteiger partial charge in [-0.2, -0.15) is 4.98 Å². The number of imidazole rings is 1. The van der Waals surface area contributed by atoms with Crippen LogP contribution in [0.2, 0.25) is 0 Å². The Hall–Kier alpha value is -1.36. The van der Waals surface area contributed by atoms with Crippen LogP contribution < -0.4 is 4.74 Å². The summed E-state index contributed by atoms with van der Waals surface area (Å²) in [7, 11) is 1.60. The molecule has 0 amide bonds. The Morgan fingerprint density at radius 1 is 1.33 bits per heavy atom. The van der Waals surface area contributed by atoms with Gasteiger partial charge in [0.05, 0.1) is 13.0 Å². The van der Waals surface area contributed by atoms with Crippen LogP contribution in [0.25, 0.3) is 11.2 Å². The fourth-order valence-corrected chi connectivity index (χ4v) is 3.49. The highest BCUT2D eigenvalue weighted by Crippen LogP contribution is 2.29. The van der Waals surface area contributed by atoms with Crippen molar-refractivity contribution in [2.24, 2.45) is 5.92 Å². The lowest BCUT2D eigenvalue weighted by Crippen LogP contribution is -2.05. The van der Waals surface area contributed by atoms with Crippen LogP contribution in [0.5, 0.6) is 5.88 Å². The SMILES string of the molecule is COc1ncnc2c1nc(CCl)n2CCCC1CCCC1. The van der Waals surface area contributed by atoms with Crippen molar-refractivity contribution in [1.29, 1.82) is 0 Å². The topological polar surface area (TPSA) is 52.8 Å². The van der Waals surface area contributed by atoms with E-state index in [0.717, 1.165) is 30.4 Å². The smallest absolute Gasteiger partial charge is 0.245 e. The number of ether oxygens (including phenoxy) is 1. The maximum Gasteiger partial charge on any atom is 0.245 e. The summed E-state index contributed by atoms with van der Waals surface area (Å²) in [5.74, 6) is 2.64. The van der Waals surface area contributed by atoms with Crippen LogP contribution >= 0.6 is 11.6 Å². The quantitative estimate of drug-likeness (QED) is 0.766. The number of halogens is 1. The Balaban J connectivity index is 1.79. The monoisotopic (exact) mass is 308 g/mol. The van der Waals surface area contributed by atoms with E-state index in [-0.39, 0.29) is 0 Å². The molecule has 1 aliphatic rings. The summed E-state index contributed by atoms with van der Waals surface area (Å²) in [5, 5.41) is 0. The van der Waals surface area contributed by atoms with Gasteiger partial charge in [0.15, 0.2) is 11.2 Å². The summed E-state index contributed by atoms with van der Waals surface area (Å²) in [5.41, 5.74) is 1.53. The fraction of sp³-hybridized carbons (Fsp3) is 0.667. The molecule has 0 unspecified atom stereocenters. The van der Waals surface area contributed by atoms with E-state index in [1.54, 1.807) is 7.11 Å². The minimum Gasteiger partial charge on any atom is -0.479 e. The molecule has 0 saturated heterocycles. The van der Waals surface area contributed by atoms with Crippen LogP contribution in [-0.4, -0.2) is 26.6 Å². The van der Waals surface area contributed by atoms with E-state index in [1.165, 1.54) is 38.4 Å². The number of nitrogens with zero attached hydrogens (tertiary/aromatic N) is 4. The minimum atomic E-state index is 0.378. The highest BCUT2D eigenvalue weighted by atomic mass is 35.5. The predicted molar refractivity (Wildman–Crippen MR) is 82.6 cm³/mol.